The summed E-state index contributed by atoms with van der Waals surface area (Å²) in [5.41, 5.74) is 0.812. The zero-order chi connectivity index (χ0) is 15.5. The molecule has 5 nitrogen and oxygen atoms in total. The second-order valence-electron chi connectivity index (χ2n) is 6.65. The first-order valence-electron chi connectivity index (χ1n) is 7.18. The number of hydrogen-bond donors (Lipinski definition) is 2. The van der Waals surface area contributed by atoms with Crippen LogP contribution in [0.2, 0.25) is 0 Å². The number of hydrogen-bond acceptors (Lipinski definition) is 4. The van der Waals surface area contributed by atoms with Crippen molar-refractivity contribution in [3.05, 3.63) is 47.8 Å². The van der Waals surface area contributed by atoms with Crippen LogP contribution in [0.25, 0.3) is 0 Å². The fraction of sp³-hybridized carbons (Fsp3) is 0.500. The molecular weight excluding hydrogens is 264 g/mol. The maximum atomic E-state index is 10.6. The van der Waals surface area contributed by atoms with Crippen LogP contribution in [-0.2, 0) is 18.7 Å². The van der Waals surface area contributed by atoms with Crippen molar-refractivity contribution in [2.45, 2.75) is 51.9 Å². The number of aliphatic hydroxyl groups is 1. The Morgan fingerprint density at radius 3 is 2.43 bits per heavy atom. The molecule has 0 saturated heterocycles. The molecule has 1 unspecified atom stereocenters. The van der Waals surface area contributed by atoms with E-state index in [9.17, 15) is 5.11 Å². The molecule has 0 bridgehead atoms. The summed E-state index contributed by atoms with van der Waals surface area (Å²) in [6.07, 6.45) is 1.87. The third-order valence-electron chi connectivity index (χ3n) is 3.25. The molecule has 0 aliphatic heterocycles. The van der Waals surface area contributed by atoms with Crippen molar-refractivity contribution in [3.63, 3.8) is 0 Å². The topological polar surface area (TPSA) is 63.0 Å². The highest BCUT2D eigenvalue weighted by molar-refractivity contribution is 5.21. The number of nitrogens with one attached hydrogen (secondary N) is 1. The number of benzene rings is 1. The van der Waals surface area contributed by atoms with Crippen LogP contribution in [0.15, 0.2) is 36.5 Å². The van der Waals surface area contributed by atoms with Gasteiger partial charge in [-0.15, -0.1) is 5.10 Å². The summed E-state index contributed by atoms with van der Waals surface area (Å²) in [5.74, 6) is 0. The molecule has 0 radical (unpaired) electrons. The van der Waals surface area contributed by atoms with Gasteiger partial charge in [-0.25, -0.2) is 4.68 Å². The summed E-state index contributed by atoms with van der Waals surface area (Å²) < 4.78 is 1.69. The van der Waals surface area contributed by atoms with Gasteiger partial charge in [0.15, 0.2) is 0 Å². The van der Waals surface area contributed by atoms with E-state index in [4.69, 9.17) is 0 Å². The second kappa shape index (κ2) is 5.95. The van der Waals surface area contributed by atoms with Gasteiger partial charge >= 0.3 is 0 Å². The molecule has 1 atom stereocenters. The molecule has 0 aliphatic carbocycles. The molecule has 0 spiro atoms. The lowest BCUT2D eigenvalue weighted by atomic mass is 9.96. The first kappa shape index (κ1) is 15.7. The minimum atomic E-state index is -0.969. The summed E-state index contributed by atoms with van der Waals surface area (Å²) in [6.45, 7) is 9.15. The first-order valence-corrected chi connectivity index (χ1v) is 7.18. The maximum Gasteiger partial charge on any atom is 0.106 e. The Morgan fingerprint density at radius 2 is 1.81 bits per heavy atom. The van der Waals surface area contributed by atoms with E-state index < -0.39 is 5.60 Å². The lowest BCUT2D eigenvalue weighted by Gasteiger charge is -2.23. The quantitative estimate of drug-likeness (QED) is 0.884. The molecule has 114 valence electrons. The largest absolute Gasteiger partial charge is 0.384 e. The first-order chi connectivity index (χ1) is 9.76. The molecule has 2 N–H and O–H groups in total. The number of rotatable bonds is 5. The molecule has 21 heavy (non-hydrogen) atoms. The number of aromatic nitrogens is 3. The van der Waals surface area contributed by atoms with E-state index in [1.807, 2.05) is 36.5 Å². The highest BCUT2D eigenvalue weighted by Crippen LogP contribution is 2.21. The Morgan fingerprint density at radius 1 is 1.14 bits per heavy atom. The van der Waals surface area contributed by atoms with Crippen LogP contribution in [0.4, 0.5) is 0 Å². The van der Waals surface area contributed by atoms with Crippen LogP contribution >= 0.6 is 0 Å². The smallest absolute Gasteiger partial charge is 0.106 e. The van der Waals surface area contributed by atoms with Crippen molar-refractivity contribution >= 4 is 0 Å². The third kappa shape index (κ3) is 4.65. The van der Waals surface area contributed by atoms with Gasteiger partial charge in [-0.1, -0.05) is 35.5 Å². The molecule has 1 heterocycles. The predicted octanol–water partition coefficient (Wildman–Crippen LogP) is 2.07. The summed E-state index contributed by atoms with van der Waals surface area (Å²) >= 11 is 0. The second-order valence-corrected chi connectivity index (χ2v) is 6.65. The fourth-order valence-electron chi connectivity index (χ4n) is 2.06. The van der Waals surface area contributed by atoms with Gasteiger partial charge in [-0.05, 0) is 33.3 Å². The lowest BCUT2D eigenvalue weighted by molar-refractivity contribution is 0.0341. The average Bonchev–Trinajstić information content (AvgIpc) is 2.84. The highest BCUT2D eigenvalue weighted by Gasteiger charge is 2.24. The zero-order valence-corrected chi connectivity index (χ0v) is 13.2. The Balaban J connectivity index is 2.02. The van der Waals surface area contributed by atoms with E-state index in [-0.39, 0.29) is 5.54 Å². The summed E-state index contributed by atoms with van der Waals surface area (Å²) in [5, 5.41) is 22.2. The molecule has 0 aliphatic rings. The van der Waals surface area contributed by atoms with Crippen LogP contribution in [0.1, 0.15) is 39.0 Å². The number of nitrogens with zero attached hydrogens (tertiary/aromatic N) is 3. The fourth-order valence-corrected chi connectivity index (χ4v) is 2.06. The van der Waals surface area contributed by atoms with Crippen molar-refractivity contribution in [3.8, 4) is 0 Å². The van der Waals surface area contributed by atoms with Crippen LogP contribution in [0.3, 0.4) is 0 Å². The van der Waals surface area contributed by atoms with Gasteiger partial charge in [0.1, 0.15) is 5.60 Å². The van der Waals surface area contributed by atoms with Crippen molar-refractivity contribution in [2.75, 3.05) is 0 Å². The summed E-state index contributed by atoms with van der Waals surface area (Å²) in [4.78, 5) is 0. The Kier molecular flexibility index (Phi) is 4.44. The average molecular weight is 288 g/mol. The molecule has 0 saturated carbocycles. The summed E-state index contributed by atoms with van der Waals surface area (Å²) in [6, 6.07) is 9.61. The minimum Gasteiger partial charge on any atom is -0.384 e. The van der Waals surface area contributed by atoms with Gasteiger partial charge in [0.2, 0.25) is 0 Å². The molecule has 0 fully saturated rings. The van der Waals surface area contributed by atoms with E-state index in [1.54, 1.807) is 11.6 Å². The van der Waals surface area contributed by atoms with Crippen LogP contribution in [0, 0.1) is 0 Å². The zero-order valence-electron chi connectivity index (χ0n) is 13.2. The normalized spacial score (nSPS) is 14.9. The standard InChI is InChI=1S/C16H24N4O/c1-15(2,3)17-10-14-11-20(19-18-14)12-16(4,21)13-8-6-5-7-9-13/h5-9,11,17,21H,10,12H2,1-4H3. The van der Waals surface area contributed by atoms with Crippen molar-refractivity contribution < 1.29 is 5.11 Å². The Bertz CT molecular complexity index is 569. The van der Waals surface area contributed by atoms with Crippen LogP contribution in [-0.4, -0.2) is 25.6 Å². The molecule has 2 aromatic rings. The molecule has 0 amide bonds. The van der Waals surface area contributed by atoms with Gasteiger partial charge in [0.25, 0.3) is 0 Å². The molecule has 5 heteroatoms. The van der Waals surface area contributed by atoms with E-state index in [1.165, 1.54) is 0 Å². The van der Waals surface area contributed by atoms with Gasteiger partial charge in [0, 0.05) is 18.3 Å². The van der Waals surface area contributed by atoms with Crippen molar-refractivity contribution in [2.24, 2.45) is 0 Å². The maximum absolute atomic E-state index is 10.6. The summed E-state index contributed by atoms with van der Waals surface area (Å²) in [7, 11) is 0. The van der Waals surface area contributed by atoms with E-state index in [2.05, 4.69) is 36.4 Å². The Labute approximate surface area is 126 Å². The van der Waals surface area contributed by atoms with E-state index in [0.717, 1.165) is 11.3 Å². The van der Waals surface area contributed by atoms with Gasteiger partial charge in [0.05, 0.1) is 12.2 Å². The van der Waals surface area contributed by atoms with Crippen molar-refractivity contribution in [1.29, 1.82) is 0 Å². The van der Waals surface area contributed by atoms with Gasteiger partial charge < -0.3 is 10.4 Å². The van der Waals surface area contributed by atoms with Gasteiger partial charge in [-0.2, -0.15) is 0 Å². The molecule has 2 rings (SSSR count). The van der Waals surface area contributed by atoms with E-state index in [0.29, 0.717) is 13.1 Å². The van der Waals surface area contributed by atoms with Gasteiger partial charge in [-0.3, -0.25) is 0 Å². The third-order valence-corrected chi connectivity index (χ3v) is 3.25. The molecule has 1 aromatic carbocycles. The monoisotopic (exact) mass is 288 g/mol. The van der Waals surface area contributed by atoms with Crippen LogP contribution in [0.5, 0.6) is 0 Å². The SMILES string of the molecule is CC(C)(C)NCc1cn(CC(C)(O)c2ccccc2)nn1. The minimum absolute atomic E-state index is 0.0410. The van der Waals surface area contributed by atoms with Crippen molar-refractivity contribution in [1.82, 2.24) is 20.3 Å². The van der Waals surface area contributed by atoms with Crippen LogP contribution < -0.4 is 5.32 Å². The lowest BCUT2D eigenvalue weighted by Crippen LogP contribution is -2.35. The highest BCUT2D eigenvalue weighted by atomic mass is 16.3. The molecular formula is C16H24N4O. The Hall–Kier alpha value is -1.72. The van der Waals surface area contributed by atoms with E-state index >= 15 is 0 Å². The molecule has 1 aromatic heterocycles. The predicted molar refractivity (Wildman–Crippen MR) is 82.6 cm³/mol.